The number of nitrogens with zero attached hydrogens (tertiary/aromatic N) is 2. The Morgan fingerprint density at radius 3 is 2.67 bits per heavy atom. The fraction of sp³-hybridized carbons (Fsp3) is 0.154. The first kappa shape index (κ1) is 15.5. The van der Waals surface area contributed by atoms with Crippen LogP contribution >= 0.6 is 12.2 Å². The molecule has 0 atom stereocenters. The van der Waals surface area contributed by atoms with Crippen molar-refractivity contribution in [3.63, 3.8) is 0 Å². The van der Waals surface area contributed by atoms with Gasteiger partial charge in [-0.05, 0) is 31.2 Å². The van der Waals surface area contributed by atoms with Gasteiger partial charge in [0.2, 0.25) is 10.0 Å². The molecule has 0 fully saturated rings. The molecule has 3 N–H and O–H groups in total. The van der Waals surface area contributed by atoms with Crippen LogP contribution < -0.4 is 10.5 Å². The lowest BCUT2D eigenvalue weighted by Gasteiger charge is -2.07. The molecule has 8 heteroatoms. The van der Waals surface area contributed by atoms with Crippen LogP contribution in [0.2, 0.25) is 0 Å². The fourth-order valence-corrected chi connectivity index (χ4v) is 2.70. The molecule has 0 amide bonds. The predicted octanol–water partition coefficient (Wildman–Crippen LogP) is 0.898. The topological polar surface area (TPSA) is 98.0 Å². The first-order valence-corrected chi connectivity index (χ1v) is 7.96. The Bertz CT molecular complexity index is 758. The van der Waals surface area contributed by atoms with Crippen LogP contribution in [0.25, 0.3) is 0 Å². The molecule has 0 aromatic carbocycles. The van der Waals surface area contributed by atoms with Crippen LogP contribution in [-0.4, -0.2) is 23.4 Å². The molecular formula is C13H14N4O2S2. The highest BCUT2D eigenvalue weighted by atomic mass is 32.2. The van der Waals surface area contributed by atoms with Gasteiger partial charge in [-0.2, -0.15) is 0 Å². The molecule has 6 nitrogen and oxygen atoms in total. The summed E-state index contributed by atoms with van der Waals surface area (Å²) in [5.74, 6) is 0. The van der Waals surface area contributed by atoms with E-state index in [1.807, 2.05) is 19.1 Å². The molecule has 0 unspecified atom stereocenters. The Morgan fingerprint density at radius 2 is 2.10 bits per heavy atom. The van der Waals surface area contributed by atoms with Gasteiger partial charge in [0.05, 0.1) is 17.9 Å². The van der Waals surface area contributed by atoms with Gasteiger partial charge >= 0.3 is 0 Å². The van der Waals surface area contributed by atoms with Crippen molar-refractivity contribution in [1.82, 2.24) is 14.7 Å². The molecule has 2 aromatic rings. The van der Waals surface area contributed by atoms with Crippen LogP contribution in [0.4, 0.5) is 0 Å². The number of hydrogen-bond acceptors (Lipinski definition) is 5. The van der Waals surface area contributed by atoms with E-state index in [0.29, 0.717) is 11.4 Å². The number of aryl methyl sites for hydroxylation is 1. The number of thiocarbonyl (C=S) groups is 1. The average molecular weight is 322 g/mol. The number of sulfonamides is 1. The van der Waals surface area contributed by atoms with Crippen LogP contribution in [0.3, 0.4) is 0 Å². The zero-order valence-corrected chi connectivity index (χ0v) is 12.9. The lowest BCUT2D eigenvalue weighted by molar-refractivity contribution is 0.580. The first-order chi connectivity index (χ1) is 9.88. The van der Waals surface area contributed by atoms with Crippen molar-refractivity contribution >= 4 is 27.2 Å². The van der Waals surface area contributed by atoms with Gasteiger partial charge in [-0.15, -0.1) is 0 Å². The summed E-state index contributed by atoms with van der Waals surface area (Å²) >= 11 is 4.77. The van der Waals surface area contributed by atoms with E-state index in [4.69, 9.17) is 18.0 Å². The lowest BCUT2D eigenvalue weighted by Crippen LogP contribution is -2.24. The molecule has 0 aliphatic heterocycles. The molecule has 2 aromatic heterocycles. The number of aromatic nitrogens is 2. The van der Waals surface area contributed by atoms with E-state index < -0.39 is 10.0 Å². The van der Waals surface area contributed by atoms with Crippen molar-refractivity contribution in [2.24, 2.45) is 5.73 Å². The second-order valence-corrected chi connectivity index (χ2v) is 6.55. The third kappa shape index (κ3) is 4.03. The summed E-state index contributed by atoms with van der Waals surface area (Å²) in [6, 6.07) is 8.31. The van der Waals surface area contributed by atoms with Crippen LogP contribution in [0.15, 0.2) is 41.4 Å². The third-order valence-corrected chi connectivity index (χ3v) is 4.28. The summed E-state index contributed by atoms with van der Waals surface area (Å²) in [6.45, 7) is 1.96. The number of hydrogen-bond donors (Lipinski definition) is 2. The monoisotopic (exact) mass is 322 g/mol. The van der Waals surface area contributed by atoms with E-state index in [1.54, 1.807) is 6.07 Å². The largest absolute Gasteiger partial charge is 0.388 e. The molecule has 0 saturated heterocycles. The van der Waals surface area contributed by atoms with E-state index >= 15 is 0 Å². The average Bonchev–Trinajstić information content (AvgIpc) is 2.45. The van der Waals surface area contributed by atoms with Crippen molar-refractivity contribution < 1.29 is 8.42 Å². The number of pyridine rings is 2. The molecule has 110 valence electrons. The Hall–Kier alpha value is -1.90. The molecule has 0 radical (unpaired) electrons. The van der Waals surface area contributed by atoms with Crippen molar-refractivity contribution in [3.05, 3.63) is 53.6 Å². The van der Waals surface area contributed by atoms with Gasteiger partial charge in [-0.3, -0.25) is 9.97 Å². The normalized spacial score (nSPS) is 11.3. The van der Waals surface area contributed by atoms with Gasteiger partial charge in [0.15, 0.2) is 0 Å². The highest BCUT2D eigenvalue weighted by molar-refractivity contribution is 7.89. The molecular weight excluding hydrogens is 308 g/mol. The van der Waals surface area contributed by atoms with E-state index in [9.17, 15) is 8.42 Å². The number of rotatable bonds is 5. The van der Waals surface area contributed by atoms with Crippen molar-refractivity contribution in [2.45, 2.75) is 18.4 Å². The highest BCUT2D eigenvalue weighted by Gasteiger charge is 2.14. The van der Waals surface area contributed by atoms with Crippen LogP contribution in [0.1, 0.15) is 17.1 Å². The second kappa shape index (κ2) is 6.25. The zero-order valence-electron chi connectivity index (χ0n) is 11.3. The Labute approximate surface area is 128 Å². The quantitative estimate of drug-likeness (QED) is 0.794. The fourth-order valence-electron chi connectivity index (χ4n) is 1.64. The molecule has 0 aliphatic rings. The minimum absolute atomic E-state index is 0.0511. The smallest absolute Gasteiger partial charge is 0.242 e. The summed E-state index contributed by atoms with van der Waals surface area (Å²) in [5, 5.41) is 0. The third-order valence-electron chi connectivity index (χ3n) is 2.69. The lowest BCUT2D eigenvalue weighted by atomic mass is 10.3. The summed E-state index contributed by atoms with van der Waals surface area (Å²) in [7, 11) is -3.65. The SMILES string of the molecule is Cc1cccc(CNS(=O)(=O)c2ccc(C(N)=S)nc2)n1. The standard InChI is InChI=1S/C13H14N4O2S2/c1-9-3-2-4-10(17-9)7-16-21(18,19)11-5-6-12(13(14)20)15-8-11/h2-6,8,16H,7H2,1H3,(H2,14,20). The van der Waals surface area contributed by atoms with Gasteiger partial charge in [0, 0.05) is 11.9 Å². The van der Waals surface area contributed by atoms with E-state index in [1.165, 1.54) is 18.3 Å². The number of nitrogens with one attached hydrogen (secondary N) is 1. The maximum absolute atomic E-state index is 12.1. The second-order valence-electron chi connectivity index (χ2n) is 4.34. The van der Waals surface area contributed by atoms with Gasteiger partial charge < -0.3 is 5.73 Å². The van der Waals surface area contributed by atoms with Crippen molar-refractivity contribution in [3.8, 4) is 0 Å². The molecule has 21 heavy (non-hydrogen) atoms. The van der Waals surface area contributed by atoms with E-state index in [-0.39, 0.29) is 16.4 Å². The van der Waals surface area contributed by atoms with Gasteiger partial charge in [-0.25, -0.2) is 13.1 Å². The minimum Gasteiger partial charge on any atom is -0.388 e. The van der Waals surface area contributed by atoms with Gasteiger partial charge in [0.1, 0.15) is 9.88 Å². The zero-order chi connectivity index (χ0) is 15.5. The molecule has 0 saturated carbocycles. The Morgan fingerprint density at radius 1 is 1.33 bits per heavy atom. The van der Waals surface area contributed by atoms with E-state index in [2.05, 4.69) is 14.7 Å². The van der Waals surface area contributed by atoms with Crippen LogP contribution in [-0.2, 0) is 16.6 Å². The Kier molecular flexibility index (Phi) is 4.61. The summed E-state index contributed by atoms with van der Waals surface area (Å²) in [4.78, 5) is 8.32. The van der Waals surface area contributed by atoms with Gasteiger partial charge in [-0.1, -0.05) is 18.3 Å². The number of nitrogens with two attached hydrogens (primary N) is 1. The molecule has 0 spiro atoms. The summed E-state index contributed by atoms with van der Waals surface area (Å²) < 4.78 is 26.7. The van der Waals surface area contributed by atoms with Gasteiger partial charge in [0.25, 0.3) is 0 Å². The molecule has 0 aliphatic carbocycles. The van der Waals surface area contributed by atoms with E-state index in [0.717, 1.165) is 5.69 Å². The first-order valence-electron chi connectivity index (χ1n) is 6.06. The molecule has 2 heterocycles. The Balaban J connectivity index is 2.13. The predicted molar refractivity (Wildman–Crippen MR) is 83.1 cm³/mol. The summed E-state index contributed by atoms with van der Waals surface area (Å²) in [5.41, 5.74) is 7.27. The summed E-state index contributed by atoms with van der Waals surface area (Å²) in [6.07, 6.45) is 1.22. The minimum atomic E-state index is -3.65. The molecule has 2 rings (SSSR count). The van der Waals surface area contributed by atoms with Crippen LogP contribution in [0.5, 0.6) is 0 Å². The maximum Gasteiger partial charge on any atom is 0.242 e. The van der Waals surface area contributed by atoms with Crippen molar-refractivity contribution in [1.29, 1.82) is 0 Å². The van der Waals surface area contributed by atoms with Crippen molar-refractivity contribution in [2.75, 3.05) is 0 Å². The highest BCUT2D eigenvalue weighted by Crippen LogP contribution is 2.09. The maximum atomic E-state index is 12.1. The van der Waals surface area contributed by atoms with Crippen LogP contribution in [0, 0.1) is 6.92 Å². The molecule has 0 bridgehead atoms.